The second-order valence-electron chi connectivity index (χ2n) is 3.81. The Balaban J connectivity index is 2.34. The van der Waals surface area contributed by atoms with Gasteiger partial charge >= 0.3 is 0 Å². The molecule has 2 N–H and O–H groups in total. The first-order valence-corrected chi connectivity index (χ1v) is 6.25. The van der Waals surface area contributed by atoms with E-state index in [2.05, 4.69) is 16.9 Å². The number of fused-ring (bicyclic) bond motifs is 1. The summed E-state index contributed by atoms with van der Waals surface area (Å²) in [4.78, 5) is 14.9. The Labute approximate surface area is 115 Å². The van der Waals surface area contributed by atoms with Crippen LogP contribution in [0.2, 0.25) is 10.0 Å². The van der Waals surface area contributed by atoms with Crippen LogP contribution < -0.4 is 5.32 Å². The molecule has 0 aliphatic carbocycles. The molecule has 0 saturated heterocycles. The van der Waals surface area contributed by atoms with E-state index >= 15 is 0 Å². The smallest absolute Gasteiger partial charge is 0.269 e. The molecule has 0 unspecified atom stereocenters. The van der Waals surface area contributed by atoms with Crippen LogP contribution in [-0.4, -0.2) is 17.4 Å². The molecule has 0 atom stereocenters. The van der Waals surface area contributed by atoms with Crippen LogP contribution in [0, 0.1) is 0 Å². The molecule has 2 rings (SSSR count). The van der Waals surface area contributed by atoms with Crippen molar-refractivity contribution < 1.29 is 4.79 Å². The maximum absolute atomic E-state index is 11.9. The number of hydrogen-bond acceptors (Lipinski definition) is 1. The van der Waals surface area contributed by atoms with E-state index in [1.165, 1.54) is 0 Å². The first-order valence-electron chi connectivity index (χ1n) is 5.50. The number of rotatable bonds is 4. The van der Waals surface area contributed by atoms with Crippen LogP contribution in [0.4, 0.5) is 0 Å². The maximum Gasteiger partial charge on any atom is 0.269 e. The molecule has 0 aliphatic rings. The van der Waals surface area contributed by atoms with Gasteiger partial charge in [0.05, 0.1) is 15.6 Å². The Morgan fingerprint density at radius 3 is 2.89 bits per heavy atom. The standard InChI is InChI=1S/C13H12Cl2N2O/c1-2-3-7-16-13(18)12-10(15)8-5-4-6-9(14)11(8)17-12/h2,4-6,17H,1,3,7H2,(H,16,18). The number of nitrogens with one attached hydrogen (secondary N) is 2. The van der Waals surface area contributed by atoms with Crippen LogP contribution in [-0.2, 0) is 0 Å². The van der Waals surface area contributed by atoms with Crippen LogP contribution in [0.1, 0.15) is 16.9 Å². The van der Waals surface area contributed by atoms with Gasteiger partial charge in [-0.1, -0.05) is 41.4 Å². The molecular formula is C13H12Cl2N2O. The maximum atomic E-state index is 11.9. The van der Waals surface area contributed by atoms with E-state index in [1.807, 2.05) is 6.07 Å². The number of aromatic nitrogens is 1. The van der Waals surface area contributed by atoms with Gasteiger partial charge in [0.15, 0.2) is 0 Å². The normalized spacial score (nSPS) is 10.6. The molecule has 94 valence electrons. The number of benzene rings is 1. The third-order valence-electron chi connectivity index (χ3n) is 2.58. The highest BCUT2D eigenvalue weighted by Crippen LogP contribution is 2.31. The highest BCUT2D eigenvalue weighted by atomic mass is 35.5. The highest BCUT2D eigenvalue weighted by molar-refractivity contribution is 6.41. The Morgan fingerprint density at radius 1 is 1.44 bits per heavy atom. The minimum atomic E-state index is -0.242. The second-order valence-corrected chi connectivity index (χ2v) is 4.59. The van der Waals surface area contributed by atoms with Gasteiger partial charge in [0, 0.05) is 11.9 Å². The molecule has 0 radical (unpaired) electrons. The van der Waals surface area contributed by atoms with Gasteiger partial charge in [-0.05, 0) is 12.5 Å². The third-order valence-corrected chi connectivity index (χ3v) is 3.29. The van der Waals surface area contributed by atoms with Gasteiger partial charge in [0.2, 0.25) is 0 Å². The number of carbonyl (C=O) groups is 1. The summed E-state index contributed by atoms with van der Waals surface area (Å²) >= 11 is 12.2. The second kappa shape index (κ2) is 5.46. The van der Waals surface area contributed by atoms with Gasteiger partial charge in [-0.2, -0.15) is 0 Å². The molecule has 2 aromatic rings. The van der Waals surface area contributed by atoms with Crippen molar-refractivity contribution in [1.82, 2.24) is 10.3 Å². The first kappa shape index (κ1) is 13.0. The molecule has 3 nitrogen and oxygen atoms in total. The lowest BCUT2D eigenvalue weighted by atomic mass is 10.2. The molecule has 18 heavy (non-hydrogen) atoms. The summed E-state index contributed by atoms with van der Waals surface area (Å²) < 4.78 is 0. The summed E-state index contributed by atoms with van der Waals surface area (Å²) in [5, 5.41) is 4.43. The number of amides is 1. The number of halogens is 2. The monoisotopic (exact) mass is 282 g/mol. The fraction of sp³-hybridized carbons (Fsp3) is 0.154. The Kier molecular flexibility index (Phi) is 3.94. The van der Waals surface area contributed by atoms with Crippen LogP contribution in [0.5, 0.6) is 0 Å². The summed E-state index contributed by atoms with van der Waals surface area (Å²) in [7, 11) is 0. The fourth-order valence-electron chi connectivity index (χ4n) is 1.68. The minimum Gasteiger partial charge on any atom is -0.350 e. The van der Waals surface area contributed by atoms with Crippen LogP contribution >= 0.6 is 23.2 Å². The fourth-order valence-corrected chi connectivity index (χ4v) is 2.19. The number of carbonyl (C=O) groups excluding carboxylic acids is 1. The van der Waals surface area contributed by atoms with Gasteiger partial charge < -0.3 is 10.3 Å². The van der Waals surface area contributed by atoms with Crippen LogP contribution in [0.15, 0.2) is 30.9 Å². The van der Waals surface area contributed by atoms with Crippen molar-refractivity contribution in [2.24, 2.45) is 0 Å². The summed E-state index contributed by atoms with van der Waals surface area (Å²) in [6.45, 7) is 4.12. The lowest BCUT2D eigenvalue weighted by Gasteiger charge is -2.01. The molecular weight excluding hydrogens is 271 g/mol. The van der Waals surface area contributed by atoms with Crippen molar-refractivity contribution in [2.75, 3.05) is 6.54 Å². The van der Waals surface area contributed by atoms with Crippen molar-refractivity contribution in [3.63, 3.8) is 0 Å². The average molecular weight is 283 g/mol. The van der Waals surface area contributed by atoms with E-state index in [-0.39, 0.29) is 5.91 Å². The summed E-state index contributed by atoms with van der Waals surface area (Å²) in [5.41, 5.74) is 1.02. The average Bonchev–Trinajstić information content (AvgIpc) is 2.69. The van der Waals surface area contributed by atoms with E-state index in [1.54, 1.807) is 18.2 Å². The molecule has 1 amide bonds. The van der Waals surface area contributed by atoms with E-state index in [0.717, 1.165) is 5.39 Å². The quantitative estimate of drug-likeness (QED) is 0.651. The zero-order valence-corrected chi connectivity index (χ0v) is 11.1. The van der Waals surface area contributed by atoms with Crippen molar-refractivity contribution in [3.8, 4) is 0 Å². The SMILES string of the molecule is C=CCCNC(=O)c1[nH]c2c(Cl)cccc2c1Cl. The zero-order valence-electron chi connectivity index (χ0n) is 9.59. The van der Waals surface area contributed by atoms with Crippen LogP contribution in [0.25, 0.3) is 10.9 Å². The zero-order chi connectivity index (χ0) is 13.1. The Bertz CT molecular complexity index is 604. The number of H-pyrrole nitrogens is 1. The van der Waals surface area contributed by atoms with Gasteiger partial charge in [-0.3, -0.25) is 4.79 Å². The summed E-state index contributed by atoms with van der Waals surface area (Å²) in [5.74, 6) is -0.242. The van der Waals surface area contributed by atoms with Crippen molar-refractivity contribution in [2.45, 2.75) is 6.42 Å². The first-order chi connectivity index (χ1) is 8.65. The lowest BCUT2D eigenvalue weighted by Crippen LogP contribution is -2.24. The summed E-state index contributed by atoms with van der Waals surface area (Å²) in [6.07, 6.45) is 2.45. The van der Waals surface area contributed by atoms with E-state index in [9.17, 15) is 4.79 Å². The molecule has 0 fully saturated rings. The number of para-hydroxylation sites is 1. The number of hydrogen-bond donors (Lipinski definition) is 2. The Morgan fingerprint density at radius 2 is 2.22 bits per heavy atom. The molecule has 0 aliphatic heterocycles. The van der Waals surface area contributed by atoms with E-state index < -0.39 is 0 Å². The van der Waals surface area contributed by atoms with E-state index in [4.69, 9.17) is 23.2 Å². The molecule has 1 aromatic carbocycles. The third kappa shape index (κ3) is 2.37. The summed E-state index contributed by atoms with van der Waals surface area (Å²) in [6, 6.07) is 5.36. The van der Waals surface area contributed by atoms with Gasteiger partial charge in [-0.25, -0.2) is 0 Å². The predicted molar refractivity (Wildman–Crippen MR) is 75.5 cm³/mol. The largest absolute Gasteiger partial charge is 0.350 e. The van der Waals surface area contributed by atoms with Gasteiger partial charge in [-0.15, -0.1) is 6.58 Å². The van der Waals surface area contributed by atoms with Crippen molar-refractivity contribution >= 4 is 40.0 Å². The van der Waals surface area contributed by atoms with Crippen LogP contribution in [0.3, 0.4) is 0 Å². The predicted octanol–water partition coefficient (Wildman–Crippen LogP) is 3.78. The minimum absolute atomic E-state index is 0.242. The molecule has 0 spiro atoms. The van der Waals surface area contributed by atoms with Gasteiger partial charge in [0.1, 0.15) is 5.69 Å². The van der Waals surface area contributed by atoms with E-state index in [0.29, 0.717) is 34.2 Å². The highest BCUT2D eigenvalue weighted by Gasteiger charge is 2.16. The Hall–Kier alpha value is -1.45. The molecule has 1 heterocycles. The molecule has 5 heteroatoms. The van der Waals surface area contributed by atoms with Crippen molar-refractivity contribution in [3.05, 3.63) is 46.6 Å². The topological polar surface area (TPSA) is 44.9 Å². The molecule has 0 bridgehead atoms. The lowest BCUT2D eigenvalue weighted by molar-refractivity contribution is 0.0950. The van der Waals surface area contributed by atoms with Crippen molar-refractivity contribution in [1.29, 1.82) is 0 Å². The molecule has 0 saturated carbocycles. The number of aromatic amines is 1. The molecule has 1 aromatic heterocycles. The van der Waals surface area contributed by atoms with Gasteiger partial charge in [0.25, 0.3) is 5.91 Å².